The normalized spacial score (nSPS) is 10.3. The number of benzene rings is 2. The van der Waals surface area contributed by atoms with E-state index in [4.69, 9.17) is 4.74 Å². The van der Waals surface area contributed by atoms with Gasteiger partial charge in [-0.2, -0.15) is 0 Å². The number of hydrogen-bond acceptors (Lipinski definition) is 5. The molecule has 0 saturated carbocycles. The van der Waals surface area contributed by atoms with Crippen LogP contribution in [0.5, 0.6) is 0 Å². The molecular formula is C19H18BrFN2O4S. The zero-order valence-electron chi connectivity index (χ0n) is 15.2. The molecule has 2 aromatic carbocycles. The summed E-state index contributed by atoms with van der Waals surface area (Å²) in [6.07, 6.45) is 0. The number of rotatable bonds is 7. The maximum atomic E-state index is 13.7. The van der Waals surface area contributed by atoms with E-state index in [1.807, 2.05) is 0 Å². The number of nitrogens with zero attached hydrogens (tertiary/aromatic N) is 1. The third-order valence-electron chi connectivity index (χ3n) is 3.50. The van der Waals surface area contributed by atoms with Gasteiger partial charge >= 0.3 is 5.97 Å². The molecule has 0 saturated heterocycles. The molecule has 148 valence electrons. The largest absolute Gasteiger partial charge is 0.452 e. The molecule has 0 heterocycles. The second-order valence-corrected chi connectivity index (χ2v) is 7.75. The molecule has 9 heteroatoms. The molecule has 28 heavy (non-hydrogen) atoms. The second-order valence-electron chi connectivity index (χ2n) is 5.82. The minimum absolute atomic E-state index is 0.0117. The van der Waals surface area contributed by atoms with Crippen molar-refractivity contribution in [2.45, 2.75) is 4.90 Å². The fourth-order valence-corrected chi connectivity index (χ4v) is 3.37. The van der Waals surface area contributed by atoms with E-state index in [0.717, 1.165) is 0 Å². The number of ether oxygens (including phenoxy) is 1. The molecule has 2 aromatic rings. The molecule has 0 bridgehead atoms. The van der Waals surface area contributed by atoms with Crippen LogP contribution in [0, 0.1) is 5.82 Å². The van der Waals surface area contributed by atoms with E-state index in [2.05, 4.69) is 21.2 Å². The monoisotopic (exact) mass is 468 g/mol. The van der Waals surface area contributed by atoms with Gasteiger partial charge in [0.1, 0.15) is 5.82 Å². The van der Waals surface area contributed by atoms with Crippen molar-refractivity contribution in [1.29, 1.82) is 0 Å². The lowest BCUT2D eigenvalue weighted by Crippen LogP contribution is -2.23. The van der Waals surface area contributed by atoms with Crippen LogP contribution in [-0.4, -0.2) is 49.1 Å². The zero-order chi connectivity index (χ0) is 20.7. The summed E-state index contributed by atoms with van der Waals surface area (Å²) in [4.78, 5) is 38.0. The van der Waals surface area contributed by atoms with Crippen molar-refractivity contribution >= 4 is 51.2 Å². The van der Waals surface area contributed by atoms with Crippen molar-refractivity contribution in [2.75, 3.05) is 31.8 Å². The van der Waals surface area contributed by atoms with Gasteiger partial charge in [-0.15, -0.1) is 11.8 Å². The van der Waals surface area contributed by atoms with Gasteiger partial charge in [0, 0.05) is 23.5 Å². The zero-order valence-corrected chi connectivity index (χ0v) is 17.6. The van der Waals surface area contributed by atoms with Crippen molar-refractivity contribution < 1.29 is 23.5 Å². The summed E-state index contributed by atoms with van der Waals surface area (Å²) in [7, 11) is 3.30. The van der Waals surface area contributed by atoms with Crippen LogP contribution < -0.4 is 5.32 Å². The summed E-state index contributed by atoms with van der Waals surface area (Å²) in [6, 6.07) is 10.8. The Labute approximate surface area is 174 Å². The molecule has 0 radical (unpaired) electrons. The standard InChI is InChI=1S/C19H18BrFN2O4S/c1-23(2)18(25)11-28-16-6-4-3-5-13(16)19(26)27-10-17(24)22-15-8-7-12(20)9-14(15)21/h3-9H,10-11H2,1-2H3,(H,22,24). The first-order valence-electron chi connectivity index (χ1n) is 8.12. The molecule has 0 unspecified atom stereocenters. The molecule has 0 aliphatic carbocycles. The van der Waals surface area contributed by atoms with E-state index in [0.29, 0.717) is 9.37 Å². The Morgan fingerprint density at radius 3 is 2.57 bits per heavy atom. The summed E-state index contributed by atoms with van der Waals surface area (Å²) < 4.78 is 19.3. The fourth-order valence-electron chi connectivity index (χ4n) is 2.02. The first-order valence-corrected chi connectivity index (χ1v) is 9.90. The van der Waals surface area contributed by atoms with Crippen molar-refractivity contribution in [3.63, 3.8) is 0 Å². The van der Waals surface area contributed by atoms with E-state index in [1.165, 1.54) is 28.8 Å². The summed E-state index contributed by atoms with van der Waals surface area (Å²) in [5.41, 5.74) is 0.240. The first kappa shape index (κ1) is 21.9. The van der Waals surface area contributed by atoms with Crippen LogP contribution in [-0.2, 0) is 14.3 Å². The Hall–Kier alpha value is -2.39. The summed E-state index contributed by atoms with van der Waals surface area (Å²) >= 11 is 4.33. The number of anilines is 1. The average Bonchev–Trinajstić information content (AvgIpc) is 2.66. The van der Waals surface area contributed by atoms with Gasteiger partial charge in [0.05, 0.1) is 17.0 Å². The van der Waals surface area contributed by atoms with Crippen LogP contribution in [0.3, 0.4) is 0 Å². The molecule has 0 atom stereocenters. The second kappa shape index (κ2) is 10.2. The van der Waals surface area contributed by atoms with Gasteiger partial charge in [-0.05, 0) is 30.3 Å². The number of carbonyl (C=O) groups is 3. The molecule has 0 aliphatic rings. The Balaban J connectivity index is 1.95. The SMILES string of the molecule is CN(C)C(=O)CSc1ccccc1C(=O)OCC(=O)Nc1ccc(Br)cc1F. The molecule has 0 aromatic heterocycles. The lowest BCUT2D eigenvalue weighted by molar-refractivity contribution is -0.125. The fraction of sp³-hybridized carbons (Fsp3) is 0.211. The average molecular weight is 469 g/mol. The Morgan fingerprint density at radius 1 is 1.18 bits per heavy atom. The highest BCUT2D eigenvalue weighted by molar-refractivity contribution is 9.10. The summed E-state index contributed by atoms with van der Waals surface area (Å²) in [5, 5.41) is 2.34. The lowest BCUT2D eigenvalue weighted by Gasteiger charge is -2.12. The maximum Gasteiger partial charge on any atom is 0.339 e. The predicted octanol–water partition coefficient (Wildman–Crippen LogP) is 3.56. The first-order chi connectivity index (χ1) is 13.3. The Morgan fingerprint density at radius 2 is 1.89 bits per heavy atom. The predicted molar refractivity (Wildman–Crippen MR) is 109 cm³/mol. The number of hydrogen-bond donors (Lipinski definition) is 1. The Kier molecular flexibility index (Phi) is 8.01. The van der Waals surface area contributed by atoms with Crippen LogP contribution in [0.2, 0.25) is 0 Å². The van der Waals surface area contributed by atoms with Crippen molar-refractivity contribution in [3.05, 3.63) is 58.3 Å². The molecule has 2 amide bonds. The minimum Gasteiger partial charge on any atom is -0.452 e. The lowest BCUT2D eigenvalue weighted by atomic mass is 10.2. The van der Waals surface area contributed by atoms with Crippen LogP contribution in [0.25, 0.3) is 0 Å². The van der Waals surface area contributed by atoms with Crippen molar-refractivity contribution in [2.24, 2.45) is 0 Å². The highest BCUT2D eigenvalue weighted by Gasteiger charge is 2.16. The van der Waals surface area contributed by atoms with E-state index in [9.17, 15) is 18.8 Å². The van der Waals surface area contributed by atoms with Crippen molar-refractivity contribution in [3.8, 4) is 0 Å². The van der Waals surface area contributed by atoms with Gasteiger partial charge in [0.2, 0.25) is 5.91 Å². The van der Waals surface area contributed by atoms with Gasteiger partial charge in [0.25, 0.3) is 5.91 Å². The van der Waals surface area contributed by atoms with Gasteiger partial charge in [-0.3, -0.25) is 9.59 Å². The third kappa shape index (κ3) is 6.35. The number of thioether (sulfide) groups is 1. The van der Waals surface area contributed by atoms with Crippen LogP contribution in [0.15, 0.2) is 51.8 Å². The van der Waals surface area contributed by atoms with Gasteiger partial charge in [-0.1, -0.05) is 28.1 Å². The van der Waals surface area contributed by atoms with E-state index in [1.54, 1.807) is 44.4 Å². The number of esters is 1. The minimum atomic E-state index is -0.702. The highest BCUT2D eigenvalue weighted by atomic mass is 79.9. The van der Waals surface area contributed by atoms with Crippen LogP contribution in [0.1, 0.15) is 10.4 Å². The van der Waals surface area contributed by atoms with Gasteiger partial charge in [0.15, 0.2) is 6.61 Å². The molecule has 1 N–H and O–H groups in total. The molecule has 6 nitrogen and oxygen atoms in total. The van der Waals surface area contributed by atoms with E-state index in [-0.39, 0.29) is 22.9 Å². The Bertz CT molecular complexity index is 892. The van der Waals surface area contributed by atoms with Gasteiger partial charge in [-0.25, -0.2) is 9.18 Å². The maximum absolute atomic E-state index is 13.7. The van der Waals surface area contributed by atoms with Crippen LogP contribution in [0.4, 0.5) is 10.1 Å². The quantitative estimate of drug-likeness (QED) is 0.496. The number of halogens is 2. The number of amides is 2. The topological polar surface area (TPSA) is 75.7 Å². The number of carbonyl (C=O) groups excluding carboxylic acids is 3. The molecular weight excluding hydrogens is 451 g/mol. The third-order valence-corrected chi connectivity index (χ3v) is 5.05. The molecule has 2 rings (SSSR count). The van der Waals surface area contributed by atoms with Crippen molar-refractivity contribution in [1.82, 2.24) is 4.90 Å². The number of nitrogens with one attached hydrogen (secondary N) is 1. The summed E-state index contributed by atoms with van der Waals surface area (Å²) in [6.45, 7) is -0.566. The van der Waals surface area contributed by atoms with E-state index < -0.39 is 24.3 Å². The van der Waals surface area contributed by atoms with Gasteiger partial charge < -0.3 is 15.0 Å². The highest BCUT2D eigenvalue weighted by Crippen LogP contribution is 2.24. The van der Waals surface area contributed by atoms with E-state index >= 15 is 0 Å². The summed E-state index contributed by atoms with van der Waals surface area (Å²) in [5.74, 6) is -1.90. The smallest absolute Gasteiger partial charge is 0.339 e. The molecule has 0 fully saturated rings. The molecule has 0 aliphatic heterocycles. The molecule has 0 spiro atoms. The van der Waals surface area contributed by atoms with Crippen LogP contribution >= 0.6 is 27.7 Å².